The van der Waals surface area contributed by atoms with E-state index >= 15 is 0 Å². The monoisotopic (exact) mass is 286 g/mol. The van der Waals surface area contributed by atoms with Gasteiger partial charge in [0.15, 0.2) is 5.11 Å². The SMILES string of the molecule is NC(=S)Nn1cc2c3c(cccc31)C1CCCNC1C2. The highest BCUT2D eigenvalue weighted by molar-refractivity contribution is 7.80. The van der Waals surface area contributed by atoms with Gasteiger partial charge in [0, 0.05) is 23.5 Å². The number of fused-ring (bicyclic) bond motifs is 2. The molecule has 1 aromatic carbocycles. The summed E-state index contributed by atoms with van der Waals surface area (Å²) >= 11 is 4.97. The normalized spacial score (nSPS) is 24.4. The van der Waals surface area contributed by atoms with Gasteiger partial charge in [-0.25, -0.2) is 0 Å². The molecular formula is C15H18N4S. The first-order chi connectivity index (χ1) is 9.74. The first-order valence-electron chi connectivity index (χ1n) is 7.17. The molecule has 1 aromatic heterocycles. The lowest BCUT2D eigenvalue weighted by Gasteiger charge is -2.36. The molecule has 0 saturated carbocycles. The van der Waals surface area contributed by atoms with Gasteiger partial charge in [-0.15, -0.1) is 0 Å². The fourth-order valence-corrected chi connectivity index (χ4v) is 3.95. The smallest absolute Gasteiger partial charge is 0.183 e. The number of aromatic nitrogens is 1. The Bertz CT molecular complexity index is 690. The van der Waals surface area contributed by atoms with Crippen molar-refractivity contribution in [2.75, 3.05) is 12.0 Å². The molecule has 4 nitrogen and oxygen atoms in total. The standard InChI is InChI=1S/C15H18N4S/c16-15(20)18-19-8-9-7-12-10(4-2-6-17-12)11-3-1-5-13(19)14(9)11/h1,3,5,8,10,12,17H,2,4,6-7H2,(H3,16,18,20). The number of nitrogens with zero attached hydrogens (tertiary/aromatic N) is 1. The number of thiocarbonyl (C=S) groups is 1. The summed E-state index contributed by atoms with van der Waals surface area (Å²) in [7, 11) is 0. The molecule has 2 aromatic rings. The summed E-state index contributed by atoms with van der Waals surface area (Å²) in [5.74, 6) is 0.639. The van der Waals surface area contributed by atoms with Gasteiger partial charge in [-0.05, 0) is 55.2 Å². The lowest BCUT2D eigenvalue weighted by atomic mass is 9.76. The predicted octanol–water partition coefficient (Wildman–Crippen LogP) is 1.82. The van der Waals surface area contributed by atoms with Crippen molar-refractivity contribution in [2.24, 2.45) is 5.73 Å². The summed E-state index contributed by atoms with van der Waals surface area (Å²) in [6.45, 7) is 1.14. The summed E-state index contributed by atoms with van der Waals surface area (Å²) < 4.78 is 1.97. The Labute approximate surface area is 123 Å². The number of hydrogen-bond acceptors (Lipinski definition) is 2. The number of benzene rings is 1. The number of hydrogen-bond donors (Lipinski definition) is 3. The van der Waals surface area contributed by atoms with Crippen molar-refractivity contribution in [1.82, 2.24) is 9.99 Å². The lowest BCUT2D eigenvalue weighted by Crippen LogP contribution is -2.43. The van der Waals surface area contributed by atoms with Crippen LogP contribution in [0.1, 0.15) is 29.9 Å². The maximum absolute atomic E-state index is 5.62. The Morgan fingerprint density at radius 1 is 1.45 bits per heavy atom. The van der Waals surface area contributed by atoms with Crippen molar-refractivity contribution in [3.8, 4) is 0 Å². The van der Waals surface area contributed by atoms with Gasteiger partial charge in [0.05, 0.1) is 5.52 Å². The third kappa shape index (κ3) is 1.73. The van der Waals surface area contributed by atoms with Crippen LogP contribution in [0.5, 0.6) is 0 Å². The van der Waals surface area contributed by atoms with Crippen LogP contribution in [-0.2, 0) is 6.42 Å². The Morgan fingerprint density at radius 3 is 3.20 bits per heavy atom. The van der Waals surface area contributed by atoms with Gasteiger partial charge in [0.25, 0.3) is 0 Å². The fraction of sp³-hybridized carbons (Fsp3) is 0.400. The highest BCUT2D eigenvalue weighted by Gasteiger charge is 2.33. The summed E-state index contributed by atoms with van der Waals surface area (Å²) in [4.78, 5) is 0. The Morgan fingerprint density at radius 2 is 2.35 bits per heavy atom. The van der Waals surface area contributed by atoms with Crippen molar-refractivity contribution in [2.45, 2.75) is 31.2 Å². The molecular weight excluding hydrogens is 268 g/mol. The number of nitrogens with one attached hydrogen (secondary N) is 2. The van der Waals surface area contributed by atoms with Gasteiger partial charge < -0.3 is 11.1 Å². The Kier molecular flexibility index (Phi) is 2.72. The minimum absolute atomic E-state index is 0.300. The average molecular weight is 286 g/mol. The summed E-state index contributed by atoms with van der Waals surface area (Å²) in [6.07, 6.45) is 5.77. The molecule has 2 heterocycles. The molecule has 104 valence electrons. The van der Waals surface area contributed by atoms with Crippen LogP contribution in [0.15, 0.2) is 24.4 Å². The van der Waals surface area contributed by atoms with E-state index < -0.39 is 0 Å². The fourth-order valence-electron chi connectivity index (χ4n) is 3.85. The van der Waals surface area contributed by atoms with Crippen LogP contribution in [-0.4, -0.2) is 22.4 Å². The topological polar surface area (TPSA) is 55.0 Å². The van der Waals surface area contributed by atoms with Crippen LogP contribution >= 0.6 is 12.2 Å². The minimum atomic E-state index is 0.300. The molecule has 1 saturated heterocycles. The van der Waals surface area contributed by atoms with Gasteiger partial charge >= 0.3 is 0 Å². The van der Waals surface area contributed by atoms with E-state index in [1.807, 2.05) is 4.68 Å². The number of rotatable bonds is 1. The highest BCUT2D eigenvalue weighted by atomic mass is 32.1. The third-order valence-electron chi connectivity index (χ3n) is 4.59. The van der Waals surface area contributed by atoms with Gasteiger partial charge in [-0.2, -0.15) is 0 Å². The van der Waals surface area contributed by atoms with E-state index in [0.717, 1.165) is 13.0 Å². The van der Waals surface area contributed by atoms with Gasteiger partial charge in [0.2, 0.25) is 0 Å². The van der Waals surface area contributed by atoms with Crippen molar-refractivity contribution in [3.63, 3.8) is 0 Å². The van der Waals surface area contributed by atoms with E-state index in [4.69, 9.17) is 18.0 Å². The van der Waals surface area contributed by atoms with E-state index in [-0.39, 0.29) is 0 Å². The molecule has 1 aliphatic heterocycles. The second-order valence-electron chi connectivity index (χ2n) is 5.76. The molecule has 5 heteroatoms. The van der Waals surface area contributed by atoms with Crippen LogP contribution in [0, 0.1) is 0 Å². The summed E-state index contributed by atoms with van der Waals surface area (Å²) in [5, 5.41) is 5.36. The predicted molar refractivity (Wildman–Crippen MR) is 85.6 cm³/mol. The van der Waals surface area contributed by atoms with Crippen LogP contribution in [0.25, 0.3) is 10.9 Å². The molecule has 4 rings (SSSR count). The first-order valence-corrected chi connectivity index (χ1v) is 7.57. The molecule has 1 aliphatic carbocycles. The molecule has 1 fully saturated rings. The van der Waals surface area contributed by atoms with Crippen LogP contribution < -0.4 is 16.5 Å². The van der Waals surface area contributed by atoms with E-state index in [0.29, 0.717) is 17.1 Å². The van der Waals surface area contributed by atoms with Crippen molar-refractivity contribution < 1.29 is 0 Å². The average Bonchev–Trinajstić information content (AvgIpc) is 2.78. The largest absolute Gasteiger partial charge is 0.375 e. The quantitative estimate of drug-likeness (QED) is 0.700. The Hall–Kier alpha value is -1.59. The second-order valence-corrected chi connectivity index (χ2v) is 6.20. The third-order valence-corrected chi connectivity index (χ3v) is 4.69. The van der Waals surface area contributed by atoms with Crippen LogP contribution in [0.2, 0.25) is 0 Å². The molecule has 20 heavy (non-hydrogen) atoms. The number of piperidine rings is 1. The van der Waals surface area contributed by atoms with Crippen molar-refractivity contribution in [1.29, 1.82) is 0 Å². The summed E-state index contributed by atoms with van der Waals surface area (Å²) in [6, 6.07) is 7.11. The van der Waals surface area contributed by atoms with Crippen LogP contribution in [0.4, 0.5) is 0 Å². The van der Waals surface area contributed by atoms with E-state index in [1.54, 1.807) is 0 Å². The highest BCUT2D eigenvalue weighted by Crippen LogP contribution is 2.41. The van der Waals surface area contributed by atoms with Crippen LogP contribution in [0.3, 0.4) is 0 Å². The van der Waals surface area contributed by atoms with E-state index in [9.17, 15) is 0 Å². The van der Waals surface area contributed by atoms with Gasteiger partial charge in [0.1, 0.15) is 0 Å². The van der Waals surface area contributed by atoms with Gasteiger partial charge in [-0.3, -0.25) is 10.1 Å². The molecule has 2 aliphatic rings. The molecule has 0 amide bonds. The van der Waals surface area contributed by atoms with E-state index in [1.165, 1.54) is 34.9 Å². The minimum Gasteiger partial charge on any atom is -0.375 e. The zero-order chi connectivity index (χ0) is 13.7. The Balaban J connectivity index is 1.90. The van der Waals surface area contributed by atoms with E-state index in [2.05, 4.69) is 35.1 Å². The molecule has 0 radical (unpaired) electrons. The van der Waals surface area contributed by atoms with Crippen molar-refractivity contribution >= 4 is 28.2 Å². The summed E-state index contributed by atoms with van der Waals surface area (Å²) in [5.41, 5.74) is 12.7. The lowest BCUT2D eigenvalue weighted by molar-refractivity contribution is 0.345. The molecule has 0 bridgehead atoms. The maximum atomic E-state index is 5.62. The second kappa shape index (κ2) is 4.46. The molecule has 0 spiro atoms. The maximum Gasteiger partial charge on any atom is 0.183 e. The molecule has 2 unspecified atom stereocenters. The zero-order valence-corrected chi connectivity index (χ0v) is 12.0. The number of nitrogens with two attached hydrogens (primary N) is 1. The first kappa shape index (κ1) is 12.2. The van der Waals surface area contributed by atoms with Crippen molar-refractivity contribution in [3.05, 3.63) is 35.5 Å². The molecule has 2 atom stereocenters. The molecule has 4 N–H and O–H groups in total. The van der Waals surface area contributed by atoms with Gasteiger partial charge in [-0.1, -0.05) is 12.1 Å². The zero-order valence-electron chi connectivity index (χ0n) is 11.2.